The van der Waals surface area contributed by atoms with Crippen LogP contribution in [-0.4, -0.2) is 13.2 Å². The van der Waals surface area contributed by atoms with Gasteiger partial charge in [0.25, 0.3) is 0 Å². The first-order chi connectivity index (χ1) is 9.72. The van der Waals surface area contributed by atoms with Gasteiger partial charge in [0.15, 0.2) is 0 Å². The standard InChI is InChI=1S/C18H27NO/c1-3-18(9-4-5-10-18)13-19-14(2)15-6-7-17-16(12-15)8-11-20-17/h6-7,12,14,19H,3-5,8-11,13H2,1-2H3. The summed E-state index contributed by atoms with van der Waals surface area (Å²) in [6, 6.07) is 7.12. The molecule has 1 heterocycles. The quantitative estimate of drug-likeness (QED) is 0.866. The Kier molecular flexibility index (Phi) is 4.02. The second-order valence-electron chi connectivity index (χ2n) is 6.63. The first-order valence-corrected chi connectivity index (χ1v) is 8.21. The number of ether oxygens (including phenoxy) is 1. The van der Waals surface area contributed by atoms with Crippen molar-refractivity contribution in [3.05, 3.63) is 29.3 Å². The molecule has 1 aliphatic carbocycles. The van der Waals surface area contributed by atoms with Gasteiger partial charge in [-0.15, -0.1) is 0 Å². The van der Waals surface area contributed by atoms with Gasteiger partial charge < -0.3 is 10.1 Å². The lowest BCUT2D eigenvalue weighted by atomic mass is 9.83. The highest BCUT2D eigenvalue weighted by Crippen LogP contribution is 2.40. The molecule has 0 bridgehead atoms. The second-order valence-corrected chi connectivity index (χ2v) is 6.63. The molecule has 2 heteroatoms. The molecule has 110 valence electrons. The van der Waals surface area contributed by atoms with E-state index in [4.69, 9.17) is 4.74 Å². The molecular weight excluding hydrogens is 246 g/mol. The lowest BCUT2D eigenvalue weighted by Gasteiger charge is -2.30. The number of fused-ring (bicyclic) bond motifs is 1. The van der Waals surface area contributed by atoms with Gasteiger partial charge in [-0.1, -0.05) is 31.9 Å². The summed E-state index contributed by atoms with van der Waals surface area (Å²) in [6.45, 7) is 6.65. The normalized spacial score (nSPS) is 21.5. The van der Waals surface area contributed by atoms with Crippen LogP contribution in [0.5, 0.6) is 5.75 Å². The lowest BCUT2D eigenvalue weighted by Crippen LogP contribution is -2.33. The molecule has 1 atom stereocenters. The van der Waals surface area contributed by atoms with Crippen LogP contribution in [0.4, 0.5) is 0 Å². The largest absolute Gasteiger partial charge is 0.493 e. The van der Waals surface area contributed by atoms with Crippen molar-refractivity contribution in [2.45, 2.75) is 58.4 Å². The van der Waals surface area contributed by atoms with Crippen molar-refractivity contribution < 1.29 is 4.74 Å². The summed E-state index contributed by atoms with van der Waals surface area (Å²) in [5.41, 5.74) is 3.34. The minimum atomic E-state index is 0.435. The summed E-state index contributed by atoms with van der Waals surface area (Å²) >= 11 is 0. The van der Waals surface area contributed by atoms with Crippen LogP contribution in [-0.2, 0) is 6.42 Å². The fraction of sp³-hybridized carbons (Fsp3) is 0.667. The molecule has 0 spiro atoms. The third-order valence-electron chi connectivity index (χ3n) is 5.41. The lowest BCUT2D eigenvalue weighted by molar-refractivity contribution is 0.259. The predicted molar refractivity (Wildman–Crippen MR) is 83.3 cm³/mol. The third kappa shape index (κ3) is 2.71. The molecule has 2 aliphatic rings. The zero-order chi connectivity index (χ0) is 14.0. The van der Waals surface area contributed by atoms with E-state index in [1.54, 1.807) is 0 Å². The Bertz CT molecular complexity index is 462. The van der Waals surface area contributed by atoms with Gasteiger partial charge in [0.2, 0.25) is 0 Å². The maximum atomic E-state index is 5.59. The van der Waals surface area contributed by atoms with E-state index < -0.39 is 0 Å². The minimum Gasteiger partial charge on any atom is -0.493 e. The van der Waals surface area contributed by atoms with Gasteiger partial charge in [-0.05, 0) is 48.8 Å². The topological polar surface area (TPSA) is 21.3 Å². The second kappa shape index (κ2) is 5.77. The Morgan fingerprint density at radius 3 is 2.85 bits per heavy atom. The number of hydrogen-bond donors (Lipinski definition) is 1. The number of rotatable bonds is 5. The Morgan fingerprint density at radius 1 is 1.30 bits per heavy atom. The smallest absolute Gasteiger partial charge is 0.122 e. The number of benzene rings is 1. The molecule has 0 radical (unpaired) electrons. The van der Waals surface area contributed by atoms with Gasteiger partial charge in [0, 0.05) is 19.0 Å². The van der Waals surface area contributed by atoms with Gasteiger partial charge in [0.1, 0.15) is 5.75 Å². The molecule has 0 saturated heterocycles. The van der Waals surface area contributed by atoms with E-state index in [1.165, 1.54) is 43.2 Å². The van der Waals surface area contributed by atoms with E-state index in [0.717, 1.165) is 25.3 Å². The zero-order valence-corrected chi connectivity index (χ0v) is 12.9. The van der Waals surface area contributed by atoms with E-state index in [-0.39, 0.29) is 0 Å². The summed E-state index contributed by atoms with van der Waals surface area (Å²) in [5, 5.41) is 3.78. The van der Waals surface area contributed by atoms with Crippen LogP contribution in [0, 0.1) is 5.41 Å². The SMILES string of the molecule is CCC1(CNC(C)c2ccc3c(c2)CCO3)CCCC1. The van der Waals surface area contributed by atoms with Crippen LogP contribution in [0.2, 0.25) is 0 Å². The van der Waals surface area contributed by atoms with Gasteiger partial charge >= 0.3 is 0 Å². The highest BCUT2D eigenvalue weighted by Gasteiger charge is 2.32. The molecular formula is C18H27NO. The fourth-order valence-corrected chi connectivity index (χ4v) is 3.74. The van der Waals surface area contributed by atoms with Crippen LogP contribution in [0.1, 0.15) is 63.1 Å². The van der Waals surface area contributed by atoms with Crippen molar-refractivity contribution >= 4 is 0 Å². The number of nitrogens with one attached hydrogen (secondary N) is 1. The van der Waals surface area contributed by atoms with Crippen LogP contribution in [0.15, 0.2) is 18.2 Å². The fourth-order valence-electron chi connectivity index (χ4n) is 3.74. The van der Waals surface area contributed by atoms with E-state index in [2.05, 4.69) is 37.4 Å². The summed E-state index contributed by atoms with van der Waals surface area (Å²) in [7, 11) is 0. The highest BCUT2D eigenvalue weighted by molar-refractivity contribution is 5.40. The summed E-state index contributed by atoms with van der Waals surface area (Å²) in [4.78, 5) is 0. The Balaban J connectivity index is 1.63. The van der Waals surface area contributed by atoms with Crippen LogP contribution >= 0.6 is 0 Å². The van der Waals surface area contributed by atoms with Crippen molar-refractivity contribution in [3.8, 4) is 5.75 Å². The zero-order valence-electron chi connectivity index (χ0n) is 12.9. The Labute approximate surface area is 122 Å². The molecule has 1 aromatic rings. The molecule has 0 amide bonds. The average molecular weight is 273 g/mol. The van der Waals surface area contributed by atoms with Crippen LogP contribution < -0.4 is 10.1 Å². The van der Waals surface area contributed by atoms with Gasteiger partial charge in [0.05, 0.1) is 6.61 Å². The number of hydrogen-bond acceptors (Lipinski definition) is 2. The molecule has 1 fully saturated rings. The monoisotopic (exact) mass is 273 g/mol. The van der Waals surface area contributed by atoms with Crippen LogP contribution in [0.3, 0.4) is 0 Å². The molecule has 2 nitrogen and oxygen atoms in total. The van der Waals surface area contributed by atoms with Crippen molar-refractivity contribution in [1.82, 2.24) is 5.32 Å². The molecule has 1 aromatic carbocycles. The Morgan fingerprint density at radius 2 is 2.10 bits per heavy atom. The van der Waals surface area contributed by atoms with Gasteiger partial charge in [-0.25, -0.2) is 0 Å². The molecule has 1 N–H and O–H groups in total. The molecule has 1 aliphatic heterocycles. The summed E-state index contributed by atoms with van der Waals surface area (Å²) in [6.07, 6.45) is 8.02. The highest BCUT2D eigenvalue weighted by atomic mass is 16.5. The summed E-state index contributed by atoms with van der Waals surface area (Å²) < 4.78 is 5.59. The van der Waals surface area contributed by atoms with Crippen molar-refractivity contribution in [3.63, 3.8) is 0 Å². The first kappa shape index (κ1) is 13.9. The van der Waals surface area contributed by atoms with E-state index in [0.29, 0.717) is 11.5 Å². The third-order valence-corrected chi connectivity index (χ3v) is 5.41. The van der Waals surface area contributed by atoms with Crippen molar-refractivity contribution in [2.24, 2.45) is 5.41 Å². The molecule has 1 saturated carbocycles. The first-order valence-electron chi connectivity index (χ1n) is 8.21. The summed E-state index contributed by atoms with van der Waals surface area (Å²) in [5.74, 6) is 1.08. The molecule has 1 unspecified atom stereocenters. The Hall–Kier alpha value is -1.02. The maximum absolute atomic E-state index is 5.59. The van der Waals surface area contributed by atoms with Gasteiger partial charge in [-0.2, -0.15) is 0 Å². The van der Waals surface area contributed by atoms with E-state index in [1.807, 2.05) is 0 Å². The molecule has 0 aromatic heterocycles. The van der Waals surface area contributed by atoms with E-state index in [9.17, 15) is 0 Å². The van der Waals surface area contributed by atoms with E-state index >= 15 is 0 Å². The van der Waals surface area contributed by atoms with Crippen molar-refractivity contribution in [2.75, 3.05) is 13.2 Å². The maximum Gasteiger partial charge on any atom is 0.122 e. The predicted octanol–water partition coefficient (Wildman–Crippen LogP) is 4.24. The van der Waals surface area contributed by atoms with Crippen molar-refractivity contribution in [1.29, 1.82) is 0 Å². The minimum absolute atomic E-state index is 0.435. The molecule has 3 rings (SSSR count). The van der Waals surface area contributed by atoms with Crippen LogP contribution in [0.25, 0.3) is 0 Å². The average Bonchev–Trinajstić information content (AvgIpc) is 3.13. The molecule has 20 heavy (non-hydrogen) atoms. The van der Waals surface area contributed by atoms with Gasteiger partial charge in [-0.3, -0.25) is 0 Å².